The third-order valence-corrected chi connectivity index (χ3v) is 3.01. The molecule has 0 saturated carbocycles. The van der Waals surface area contributed by atoms with Gasteiger partial charge in [-0.2, -0.15) is 13.2 Å². The summed E-state index contributed by atoms with van der Waals surface area (Å²) in [5, 5.41) is 0. The molecule has 2 nitrogen and oxygen atoms in total. The molecule has 80 valence electrons. The van der Waals surface area contributed by atoms with E-state index < -0.39 is 28.0 Å². The molecule has 0 aliphatic carbocycles. The van der Waals surface area contributed by atoms with Gasteiger partial charge >= 0.3 is 6.18 Å². The van der Waals surface area contributed by atoms with E-state index in [-0.39, 0.29) is 0 Å². The molecule has 0 aromatic carbocycles. The predicted octanol–water partition coefficient (Wildman–Crippen LogP) is 1.99. The van der Waals surface area contributed by atoms with E-state index in [2.05, 4.69) is 0 Å². The lowest BCUT2D eigenvalue weighted by atomic mass is 10.3. The van der Waals surface area contributed by atoms with Gasteiger partial charge in [-0.05, 0) is 27.7 Å². The zero-order valence-corrected chi connectivity index (χ0v) is 8.84. The van der Waals surface area contributed by atoms with Gasteiger partial charge in [0.2, 0.25) is 0 Å². The average Bonchev–Trinajstić information content (AvgIpc) is 1.82. The fourth-order valence-electron chi connectivity index (χ4n) is 0.404. The van der Waals surface area contributed by atoms with Crippen molar-refractivity contribution < 1.29 is 17.4 Å². The van der Waals surface area contributed by atoms with Crippen molar-refractivity contribution in [1.82, 2.24) is 4.72 Å². The molecule has 2 atom stereocenters. The summed E-state index contributed by atoms with van der Waals surface area (Å²) in [4.78, 5) is 0. The first-order valence-corrected chi connectivity index (χ1v) is 4.95. The van der Waals surface area contributed by atoms with E-state index in [0.717, 1.165) is 6.92 Å². The zero-order valence-electron chi connectivity index (χ0n) is 8.03. The molecule has 0 bridgehead atoms. The average molecular weight is 217 g/mol. The Balaban J connectivity index is 4.24. The molecule has 0 aliphatic heterocycles. The van der Waals surface area contributed by atoms with Crippen LogP contribution in [0.3, 0.4) is 0 Å². The summed E-state index contributed by atoms with van der Waals surface area (Å²) < 4.78 is 48.5. The molecule has 1 N–H and O–H groups in total. The number of alkyl halides is 3. The minimum Gasteiger partial charge on any atom is -0.242 e. The lowest BCUT2D eigenvalue weighted by Gasteiger charge is -2.23. The molecule has 6 heteroatoms. The number of rotatable bonds is 2. The molecule has 0 radical (unpaired) electrons. The van der Waals surface area contributed by atoms with Gasteiger partial charge in [-0.3, -0.25) is 0 Å². The normalized spacial score (nSPS) is 18.4. The van der Waals surface area contributed by atoms with Crippen LogP contribution in [0.25, 0.3) is 0 Å². The highest BCUT2D eigenvalue weighted by molar-refractivity contribution is 7.84. The zero-order chi connectivity index (χ0) is 10.9. The van der Waals surface area contributed by atoms with Crippen LogP contribution in [0.15, 0.2) is 0 Å². The fraction of sp³-hybridized carbons (Fsp3) is 1.00. The Kier molecular flexibility index (Phi) is 3.93. The Morgan fingerprint density at radius 2 is 1.62 bits per heavy atom. The summed E-state index contributed by atoms with van der Waals surface area (Å²) in [6.07, 6.45) is -4.35. The van der Waals surface area contributed by atoms with Crippen molar-refractivity contribution >= 4 is 11.0 Å². The van der Waals surface area contributed by atoms with Crippen LogP contribution >= 0.6 is 0 Å². The monoisotopic (exact) mass is 217 g/mol. The lowest BCUT2D eigenvalue weighted by Crippen LogP contribution is -2.45. The highest BCUT2D eigenvalue weighted by atomic mass is 32.2. The van der Waals surface area contributed by atoms with Gasteiger partial charge in [-0.25, -0.2) is 8.93 Å². The number of nitrogens with one attached hydrogen (secondary N) is 1. The minimum atomic E-state index is -4.35. The van der Waals surface area contributed by atoms with Crippen LogP contribution in [-0.4, -0.2) is 21.2 Å². The van der Waals surface area contributed by atoms with Gasteiger partial charge in [-0.1, -0.05) is 0 Å². The van der Waals surface area contributed by atoms with Crippen molar-refractivity contribution in [2.24, 2.45) is 0 Å². The van der Waals surface area contributed by atoms with Crippen molar-refractivity contribution in [2.75, 3.05) is 0 Å². The van der Waals surface area contributed by atoms with Crippen molar-refractivity contribution in [2.45, 2.75) is 44.7 Å². The number of hydrogen-bond acceptors (Lipinski definition) is 1. The standard InChI is InChI=1S/C7H14F3NOS/c1-5(7(8,9)10)11-13(12)6(2,3)4/h5,11H,1-4H3/t5-,13?/m0/s1. The number of halogens is 3. The maximum Gasteiger partial charge on any atom is 0.404 e. The van der Waals surface area contributed by atoms with E-state index in [9.17, 15) is 17.4 Å². The van der Waals surface area contributed by atoms with Gasteiger partial charge < -0.3 is 0 Å². The fourth-order valence-corrected chi connectivity index (χ4v) is 1.21. The van der Waals surface area contributed by atoms with Gasteiger partial charge in [0.1, 0.15) is 6.04 Å². The first-order chi connectivity index (χ1) is 5.55. The van der Waals surface area contributed by atoms with E-state index in [1.165, 1.54) is 0 Å². The molecule has 0 heterocycles. The van der Waals surface area contributed by atoms with Crippen molar-refractivity contribution in [3.8, 4) is 0 Å². The van der Waals surface area contributed by atoms with Crippen LogP contribution in [0.5, 0.6) is 0 Å². The molecule has 0 aromatic rings. The Labute approximate surface area is 78.5 Å². The Morgan fingerprint density at radius 3 is 1.85 bits per heavy atom. The van der Waals surface area contributed by atoms with E-state index in [1.807, 2.05) is 4.72 Å². The van der Waals surface area contributed by atoms with Crippen LogP contribution < -0.4 is 4.72 Å². The second-order valence-corrected chi connectivity index (χ2v) is 5.76. The Bertz CT molecular complexity index is 197. The first kappa shape index (κ1) is 12.9. The largest absolute Gasteiger partial charge is 0.404 e. The summed E-state index contributed by atoms with van der Waals surface area (Å²) in [7, 11) is -1.68. The molecule has 0 fully saturated rings. The van der Waals surface area contributed by atoms with E-state index in [4.69, 9.17) is 0 Å². The smallest absolute Gasteiger partial charge is 0.242 e. The Hall–Kier alpha value is -0.100. The van der Waals surface area contributed by atoms with E-state index in [0.29, 0.717) is 0 Å². The van der Waals surface area contributed by atoms with Crippen molar-refractivity contribution in [3.05, 3.63) is 0 Å². The predicted molar refractivity (Wildman–Crippen MR) is 46.5 cm³/mol. The second-order valence-electron chi connectivity index (χ2n) is 3.76. The topological polar surface area (TPSA) is 29.1 Å². The molecule has 13 heavy (non-hydrogen) atoms. The maximum atomic E-state index is 12.0. The number of hydrogen-bond donors (Lipinski definition) is 1. The van der Waals surface area contributed by atoms with Crippen LogP contribution in [0.4, 0.5) is 13.2 Å². The summed E-state index contributed by atoms with van der Waals surface area (Å²) in [6, 6.07) is -1.74. The highest BCUT2D eigenvalue weighted by Gasteiger charge is 2.38. The molecule has 1 unspecified atom stereocenters. The molecule has 0 amide bonds. The van der Waals surface area contributed by atoms with Gasteiger partial charge in [0, 0.05) is 0 Å². The van der Waals surface area contributed by atoms with Gasteiger partial charge in [0.15, 0.2) is 0 Å². The van der Waals surface area contributed by atoms with Gasteiger partial charge in [0.05, 0.1) is 15.7 Å². The molecular formula is C7H14F3NOS. The molecule has 0 rings (SSSR count). The summed E-state index contributed by atoms with van der Waals surface area (Å²) >= 11 is 0. The molecular weight excluding hydrogens is 203 g/mol. The lowest BCUT2D eigenvalue weighted by molar-refractivity contribution is -0.146. The molecule has 0 saturated heterocycles. The van der Waals surface area contributed by atoms with Crippen LogP contribution in [0, 0.1) is 0 Å². The van der Waals surface area contributed by atoms with Gasteiger partial charge in [-0.15, -0.1) is 0 Å². The van der Waals surface area contributed by atoms with Crippen molar-refractivity contribution in [3.63, 3.8) is 0 Å². The quantitative estimate of drug-likeness (QED) is 0.753. The van der Waals surface area contributed by atoms with E-state index >= 15 is 0 Å². The van der Waals surface area contributed by atoms with E-state index in [1.54, 1.807) is 20.8 Å². The summed E-state index contributed by atoms with van der Waals surface area (Å²) in [5.41, 5.74) is 0. The first-order valence-electron chi connectivity index (χ1n) is 3.80. The summed E-state index contributed by atoms with van der Waals surface area (Å²) in [5.74, 6) is 0. The SMILES string of the molecule is C[C@H](NS(=O)C(C)(C)C)C(F)(F)F. The van der Waals surface area contributed by atoms with Crippen LogP contribution in [0.1, 0.15) is 27.7 Å². The Morgan fingerprint density at radius 1 is 1.23 bits per heavy atom. The minimum absolute atomic E-state index is 0.681. The maximum absolute atomic E-state index is 12.0. The van der Waals surface area contributed by atoms with Crippen LogP contribution in [0.2, 0.25) is 0 Å². The van der Waals surface area contributed by atoms with Crippen LogP contribution in [-0.2, 0) is 11.0 Å². The second kappa shape index (κ2) is 3.96. The molecule has 0 spiro atoms. The molecule has 0 aromatic heterocycles. The van der Waals surface area contributed by atoms with Crippen molar-refractivity contribution in [1.29, 1.82) is 0 Å². The third kappa shape index (κ3) is 4.61. The van der Waals surface area contributed by atoms with Gasteiger partial charge in [0.25, 0.3) is 0 Å². The third-order valence-electron chi connectivity index (χ3n) is 1.33. The molecule has 0 aliphatic rings. The summed E-state index contributed by atoms with van der Waals surface area (Å²) in [6.45, 7) is 5.78. The highest BCUT2D eigenvalue weighted by Crippen LogP contribution is 2.21.